The molecular weight excluding hydrogens is 340 g/mol. The Labute approximate surface area is 149 Å². The van der Waals surface area contributed by atoms with E-state index in [0.717, 1.165) is 5.56 Å². The van der Waals surface area contributed by atoms with E-state index < -0.39 is 11.8 Å². The molecule has 2 N–H and O–H groups in total. The molecule has 3 rings (SSSR count). The molecular formula is C18H15ClN4O2. The number of fused-ring (bicyclic) bond motifs is 1. The van der Waals surface area contributed by atoms with E-state index in [1.807, 2.05) is 37.3 Å². The molecule has 0 saturated carbocycles. The van der Waals surface area contributed by atoms with Crippen molar-refractivity contribution in [2.45, 2.75) is 6.92 Å². The number of hydrogen-bond acceptors (Lipinski definition) is 3. The number of aryl methyl sites for hydroxylation is 1. The van der Waals surface area contributed by atoms with Crippen LogP contribution in [0.25, 0.3) is 11.7 Å². The zero-order chi connectivity index (χ0) is 17.8. The van der Waals surface area contributed by atoms with Gasteiger partial charge in [0.2, 0.25) is 0 Å². The normalized spacial score (nSPS) is 11.0. The number of amides is 2. The summed E-state index contributed by atoms with van der Waals surface area (Å²) in [5.41, 5.74) is 7.45. The van der Waals surface area contributed by atoms with E-state index in [2.05, 4.69) is 15.8 Å². The molecule has 0 aliphatic carbocycles. The molecule has 0 atom stereocenters. The minimum Gasteiger partial charge on any atom is -0.299 e. The van der Waals surface area contributed by atoms with Gasteiger partial charge in [-0.25, -0.2) is 4.98 Å². The lowest BCUT2D eigenvalue weighted by Gasteiger charge is -2.05. The van der Waals surface area contributed by atoms with E-state index >= 15 is 0 Å². The summed E-state index contributed by atoms with van der Waals surface area (Å²) in [6, 6.07) is 12.5. The summed E-state index contributed by atoms with van der Waals surface area (Å²) in [6.07, 6.45) is 4.61. The molecule has 25 heavy (non-hydrogen) atoms. The van der Waals surface area contributed by atoms with E-state index in [1.54, 1.807) is 22.7 Å². The van der Waals surface area contributed by atoms with Crippen LogP contribution in [0.4, 0.5) is 0 Å². The van der Waals surface area contributed by atoms with E-state index in [1.165, 1.54) is 12.2 Å². The van der Waals surface area contributed by atoms with Gasteiger partial charge in [-0.1, -0.05) is 35.4 Å². The van der Waals surface area contributed by atoms with Gasteiger partial charge in [0.1, 0.15) is 5.65 Å². The van der Waals surface area contributed by atoms with Gasteiger partial charge in [0.05, 0.1) is 5.69 Å². The topological polar surface area (TPSA) is 75.5 Å². The lowest BCUT2D eigenvalue weighted by atomic mass is 10.1. The third kappa shape index (κ3) is 3.87. The Morgan fingerprint density at radius 3 is 2.64 bits per heavy atom. The number of pyridine rings is 1. The summed E-state index contributed by atoms with van der Waals surface area (Å²) in [5.74, 6) is -0.878. The number of carbonyl (C=O) groups is 2. The number of nitrogens with one attached hydrogen (secondary N) is 2. The van der Waals surface area contributed by atoms with Crippen LogP contribution < -0.4 is 10.9 Å². The second kappa shape index (κ2) is 7.19. The number of benzene rings is 1. The number of hydrazine groups is 1. The van der Waals surface area contributed by atoms with E-state index in [4.69, 9.17) is 11.6 Å². The first kappa shape index (κ1) is 16.7. The van der Waals surface area contributed by atoms with Crippen LogP contribution in [0.1, 0.15) is 21.6 Å². The molecule has 1 aromatic carbocycles. The SMILES string of the molecule is Cc1ccc(C(=O)NNC(=O)/C=C/c2c(Cl)nc3ccccn23)cc1. The van der Waals surface area contributed by atoms with Crippen molar-refractivity contribution >= 4 is 35.1 Å². The fourth-order valence-corrected chi connectivity index (χ4v) is 2.47. The van der Waals surface area contributed by atoms with Crippen LogP contribution in [0.2, 0.25) is 5.15 Å². The van der Waals surface area contributed by atoms with Crippen molar-refractivity contribution in [3.63, 3.8) is 0 Å². The maximum Gasteiger partial charge on any atom is 0.269 e. The third-order valence-corrected chi connectivity index (χ3v) is 3.81. The van der Waals surface area contributed by atoms with Crippen molar-refractivity contribution in [3.05, 3.63) is 76.7 Å². The van der Waals surface area contributed by atoms with Gasteiger partial charge in [-0.15, -0.1) is 0 Å². The Kier molecular flexibility index (Phi) is 4.81. The number of hydrogen-bond donors (Lipinski definition) is 2. The van der Waals surface area contributed by atoms with Gasteiger partial charge in [-0.2, -0.15) is 0 Å². The monoisotopic (exact) mass is 354 g/mol. The molecule has 0 spiro atoms. The van der Waals surface area contributed by atoms with E-state index in [0.29, 0.717) is 22.1 Å². The molecule has 0 aliphatic heterocycles. The van der Waals surface area contributed by atoms with Crippen LogP contribution in [-0.4, -0.2) is 21.2 Å². The highest BCUT2D eigenvalue weighted by molar-refractivity contribution is 6.31. The summed E-state index contributed by atoms with van der Waals surface area (Å²) in [6.45, 7) is 1.93. The average molecular weight is 355 g/mol. The van der Waals surface area contributed by atoms with Crippen LogP contribution in [0.3, 0.4) is 0 Å². The average Bonchev–Trinajstić information content (AvgIpc) is 2.93. The summed E-state index contributed by atoms with van der Waals surface area (Å²) in [7, 11) is 0. The Bertz CT molecular complexity index is 961. The lowest BCUT2D eigenvalue weighted by Crippen LogP contribution is -2.40. The van der Waals surface area contributed by atoms with Gasteiger partial charge >= 0.3 is 0 Å². The number of aromatic nitrogens is 2. The smallest absolute Gasteiger partial charge is 0.269 e. The summed E-state index contributed by atoms with van der Waals surface area (Å²) < 4.78 is 1.76. The quantitative estimate of drug-likeness (QED) is 0.561. The highest BCUT2D eigenvalue weighted by Gasteiger charge is 2.08. The molecule has 7 heteroatoms. The number of rotatable bonds is 3. The number of imidazole rings is 1. The first-order chi connectivity index (χ1) is 12.0. The molecule has 2 aromatic heterocycles. The van der Waals surface area contributed by atoms with Crippen molar-refractivity contribution in [3.8, 4) is 0 Å². The molecule has 2 amide bonds. The van der Waals surface area contributed by atoms with Crippen molar-refractivity contribution in [1.82, 2.24) is 20.2 Å². The summed E-state index contributed by atoms with van der Waals surface area (Å²) in [5, 5.41) is 0.291. The van der Waals surface area contributed by atoms with Gasteiger partial charge < -0.3 is 0 Å². The molecule has 2 heterocycles. The second-order valence-corrected chi connectivity index (χ2v) is 5.72. The van der Waals surface area contributed by atoms with Crippen LogP contribution in [0.5, 0.6) is 0 Å². The fraction of sp³-hybridized carbons (Fsp3) is 0.0556. The lowest BCUT2D eigenvalue weighted by molar-refractivity contribution is -0.117. The second-order valence-electron chi connectivity index (χ2n) is 5.36. The number of nitrogens with zero attached hydrogens (tertiary/aromatic N) is 2. The highest BCUT2D eigenvalue weighted by Crippen LogP contribution is 2.18. The molecule has 3 aromatic rings. The third-order valence-electron chi connectivity index (χ3n) is 3.53. The summed E-state index contributed by atoms with van der Waals surface area (Å²) >= 11 is 6.09. The standard InChI is InChI=1S/C18H15ClN4O2/c1-12-5-7-13(8-6-12)18(25)22-21-16(24)10-9-14-17(19)20-15-4-2-3-11-23(14)15/h2-11H,1H3,(H,21,24)(H,22,25)/b10-9+. The molecule has 0 bridgehead atoms. The molecule has 0 fully saturated rings. The van der Waals surface area contributed by atoms with Gasteiger partial charge in [0.15, 0.2) is 5.15 Å². The van der Waals surface area contributed by atoms with Crippen LogP contribution in [0.15, 0.2) is 54.7 Å². The fourth-order valence-electron chi connectivity index (χ4n) is 2.23. The van der Waals surface area contributed by atoms with Gasteiger partial charge in [-0.05, 0) is 37.3 Å². The number of halogens is 1. The maximum absolute atomic E-state index is 11.9. The first-order valence-corrected chi connectivity index (χ1v) is 7.90. The van der Waals surface area contributed by atoms with Crippen molar-refractivity contribution in [2.75, 3.05) is 0 Å². The van der Waals surface area contributed by atoms with Crippen molar-refractivity contribution < 1.29 is 9.59 Å². The molecule has 0 saturated heterocycles. The Morgan fingerprint density at radius 2 is 1.88 bits per heavy atom. The molecule has 0 radical (unpaired) electrons. The highest BCUT2D eigenvalue weighted by atomic mass is 35.5. The van der Waals surface area contributed by atoms with E-state index in [9.17, 15) is 9.59 Å². The Hall–Kier alpha value is -3.12. The van der Waals surface area contributed by atoms with Gasteiger partial charge in [-0.3, -0.25) is 24.8 Å². The minimum atomic E-state index is -0.484. The van der Waals surface area contributed by atoms with Crippen LogP contribution in [-0.2, 0) is 4.79 Å². The first-order valence-electron chi connectivity index (χ1n) is 7.52. The molecule has 6 nitrogen and oxygen atoms in total. The van der Waals surface area contributed by atoms with Gasteiger partial charge in [0, 0.05) is 17.8 Å². The Morgan fingerprint density at radius 1 is 1.12 bits per heavy atom. The van der Waals surface area contributed by atoms with Crippen LogP contribution >= 0.6 is 11.6 Å². The minimum absolute atomic E-state index is 0.291. The zero-order valence-corrected chi connectivity index (χ0v) is 14.1. The van der Waals surface area contributed by atoms with Crippen molar-refractivity contribution in [1.29, 1.82) is 0 Å². The van der Waals surface area contributed by atoms with Crippen LogP contribution in [0, 0.1) is 6.92 Å². The largest absolute Gasteiger partial charge is 0.299 e. The maximum atomic E-state index is 11.9. The van der Waals surface area contributed by atoms with Gasteiger partial charge in [0.25, 0.3) is 11.8 Å². The predicted molar refractivity (Wildman–Crippen MR) is 96.0 cm³/mol. The molecule has 126 valence electrons. The molecule has 0 aliphatic rings. The molecule has 0 unspecified atom stereocenters. The zero-order valence-electron chi connectivity index (χ0n) is 13.4. The number of carbonyl (C=O) groups excluding carboxylic acids is 2. The summed E-state index contributed by atoms with van der Waals surface area (Å²) in [4.78, 5) is 28.0. The predicted octanol–water partition coefficient (Wildman–Crippen LogP) is 2.77. The van der Waals surface area contributed by atoms with Crippen molar-refractivity contribution in [2.24, 2.45) is 0 Å². The Balaban J connectivity index is 1.64. The van der Waals surface area contributed by atoms with E-state index in [-0.39, 0.29) is 0 Å².